The fraction of sp³-hybridized carbons (Fsp3) is 0.0667. The zero-order valence-corrected chi connectivity index (χ0v) is 26.8. The minimum atomic E-state index is -0.0559. The van der Waals surface area contributed by atoms with Gasteiger partial charge in [0.15, 0.2) is 0 Å². The molecule has 1 aliphatic rings. The van der Waals surface area contributed by atoms with Crippen molar-refractivity contribution in [3.8, 4) is 39.5 Å². The lowest BCUT2D eigenvalue weighted by atomic mass is 9.82. The molecular weight excluding hydrogens is 583 g/mol. The summed E-state index contributed by atoms with van der Waals surface area (Å²) < 4.78 is 2.24. The molecule has 0 N–H and O–H groups in total. The van der Waals surface area contributed by atoms with Crippen molar-refractivity contribution in [2.75, 3.05) is 0 Å². The Morgan fingerprint density at radius 2 is 1.19 bits per heavy atom. The average Bonchev–Trinajstić information content (AvgIpc) is 3.58. The van der Waals surface area contributed by atoms with E-state index in [9.17, 15) is 0 Å². The standard InChI is InChI=1S/C45H31N3/c1-45(2)37-20-10-8-18-34(37)42-32(19-12-21-38(42)45)31-23-24-39-36(26-31)43(28-13-4-3-5-14-28)47-44(46-39)48-40-22-11-9-17-33(40)35-25-29-15-6-7-16-30(29)27-41(35)48/h3-27H,1-2H3. The molecule has 1 aliphatic carbocycles. The van der Waals surface area contributed by atoms with Crippen LogP contribution in [0.1, 0.15) is 25.0 Å². The van der Waals surface area contributed by atoms with Crippen molar-refractivity contribution in [2.24, 2.45) is 0 Å². The summed E-state index contributed by atoms with van der Waals surface area (Å²) in [5.74, 6) is 0.673. The monoisotopic (exact) mass is 613 g/mol. The van der Waals surface area contributed by atoms with Crippen LogP contribution in [-0.2, 0) is 5.41 Å². The van der Waals surface area contributed by atoms with Crippen LogP contribution >= 0.6 is 0 Å². The summed E-state index contributed by atoms with van der Waals surface area (Å²) in [6.07, 6.45) is 0. The Labute approximate surface area is 278 Å². The highest BCUT2D eigenvalue weighted by Gasteiger charge is 2.36. The predicted molar refractivity (Wildman–Crippen MR) is 200 cm³/mol. The molecule has 3 heteroatoms. The summed E-state index contributed by atoms with van der Waals surface area (Å²) in [7, 11) is 0. The largest absolute Gasteiger partial charge is 0.278 e. The summed E-state index contributed by atoms with van der Waals surface area (Å²) in [6.45, 7) is 4.67. The van der Waals surface area contributed by atoms with Crippen molar-refractivity contribution < 1.29 is 0 Å². The summed E-state index contributed by atoms with van der Waals surface area (Å²) in [5, 5.41) is 5.86. The van der Waals surface area contributed by atoms with Gasteiger partial charge in [0.1, 0.15) is 0 Å². The highest BCUT2D eigenvalue weighted by atomic mass is 15.2. The van der Waals surface area contributed by atoms with Gasteiger partial charge in [0.2, 0.25) is 5.95 Å². The molecule has 226 valence electrons. The van der Waals surface area contributed by atoms with Gasteiger partial charge in [-0.2, -0.15) is 0 Å². The zero-order valence-electron chi connectivity index (χ0n) is 26.8. The summed E-state index contributed by atoms with van der Waals surface area (Å²) in [5.41, 5.74) is 12.9. The second-order valence-corrected chi connectivity index (χ2v) is 13.4. The number of para-hydroxylation sites is 1. The van der Waals surface area contributed by atoms with Crippen molar-refractivity contribution in [3.05, 3.63) is 163 Å². The van der Waals surface area contributed by atoms with E-state index in [4.69, 9.17) is 9.97 Å². The third-order valence-electron chi connectivity index (χ3n) is 10.4. The van der Waals surface area contributed by atoms with Crippen molar-refractivity contribution in [3.63, 3.8) is 0 Å². The smallest absolute Gasteiger partial charge is 0.235 e. The minimum Gasteiger partial charge on any atom is -0.278 e. The van der Waals surface area contributed by atoms with Gasteiger partial charge in [0.05, 0.1) is 22.2 Å². The summed E-state index contributed by atoms with van der Waals surface area (Å²) >= 11 is 0. The van der Waals surface area contributed by atoms with Crippen molar-refractivity contribution in [1.29, 1.82) is 0 Å². The summed E-state index contributed by atoms with van der Waals surface area (Å²) in [4.78, 5) is 10.7. The maximum atomic E-state index is 5.41. The number of nitrogens with zero attached hydrogens (tertiary/aromatic N) is 3. The normalized spacial score (nSPS) is 13.4. The lowest BCUT2D eigenvalue weighted by molar-refractivity contribution is 0.660. The molecule has 0 bridgehead atoms. The van der Waals surface area contributed by atoms with Gasteiger partial charge >= 0.3 is 0 Å². The van der Waals surface area contributed by atoms with Gasteiger partial charge in [-0.1, -0.05) is 135 Å². The van der Waals surface area contributed by atoms with E-state index in [1.807, 2.05) is 0 Å². The number of rotatable bonds is 3. The van der Waals surface area contributed by atoms with Gasteiger partial charge in [-0.3, -0.25) is 4.57 Å². The molecule has 2 heterocycles. The second-order valence-electron chi connectivity index (χ2n) is 13.4. The van der Waals surface area contributed by atoms with Crippen LogP contribution < -0.4 is 0 Å². The first-order valence-electron chi connectivity index (χ1n) is 16.6. The third-order valence-corrected chi connectivity index (χ3v) is 10.4. The highest BCUT2D eigenvalue weighted by molar-refractivity contribution is 6.13. The number of fused-ring (bicyclic) bond motifs is 8. The van der Waals surface area contributed by atoms with Gasteiger partial charge in [-0.15, -0.1) is 0 Å². The quantitative estimate of drug-likeness (QED) is 0.198. The number of benzene rings is 7. The van der Waals surface area contributed by atoms with E-state index in [1.165, 1.54) is 54.9 Å². The number of hydrogen-bond acceptors (Lipinski definition) is 2. The first kappa shape index (κ1) is 27.1. The molecule has 3 nitrogen and oxygen atoms in total. The Kier molecular flexibility index (Phi) is 5.63. The van der Waals surface area contributed by atoms with Crippen LogP contribution in [0.3, 0.4) is 0 Å². The fourth-order valence-corrected chi connectivity index (χ4v) is 8.07. The van der Waals surface area contributed by atoms with Crippen LogP contribution in [0.4, 0.5) is 0 Å². The molecule has 2 aromatic heterocycles. The molecule has 0 fully saturated rings. The van der Waals surface area contributed by atoms with Crippen LogP contribution in [0.5, 0.6) is 0 Å². The lowest BCUT2D eigenvalue weighted by Gasteiger charge is -2.21. The van der Waals surface area contributed by atoms with Gasteiger partial charge in [0, 0.05) is 27.1 Å². The van der Waals surface area contributed by atoms with Crippen molar-refractivity contribution >= 4 is 43.5 Å². The Balaban J connectivity index is 1.25. The Hall–Kier alpha value is -6.06. The molecular formula is C45H31N3. The van der Waals surface area contributed by atoms with Crippen LogP contribution in [0.25, 0.3) is 82.9 Å². The molecule has 0 spiro atoms. The van der Waals surface area contributed by atoms with Crippen molar-refractivity contribution in [1.82, 2.24) is 14.5 Å². The van der Waals surface area contributed by atoms with E-state index in [-0.39, 0.29) is 5.41 Å². The molecule has 0 radical (unpaired) electrons. The van der Waals surface area contributed by atoms with E-state index in [0.717, 1.165) is 33.2 Å². The van der Waals surface area contributed by atoms with Crippen LogP contribution in [-0.4, -0.2) is 14.5 Å². The van der Waals surface area contributed by atoms with E-state index < -0.39 is 0 Å². The molecule has 0 atom stereocenters. The van der Waals surface area contributed by atoms with Crippen LogP contribution in [0.15, 0.2) is 152 Å². The molecule has 0 saturated heterocycles. The Bertz CT molecular complexity index is 2750. The van der Waals surface area contributed by atoms with Gasteiger partial charge in [-0.05, 0) is 74.5 Å². The highest BCUT2D eigenvalue weighted by Crippen LogP contribution is 2.52. The predicted octanol–water partition coefficient (Wildman–Crippen LogP) is 11.5. The first-order valence-corrected chi connectivity index (χ1v) is 16.6. The second kappa shape index (κ2) is 9.97. The minimum absolute atomic E-state index is 0.0559. The first-order chi connectivity index (χ1) is 23.6. The van der Waals surface area contributed by atoms with Gasteiger partial charge in [0.25, 0.3) is 0 Å². The average molecular weight is 614 g/mol. The topological polar surface area (TPSA) is 30.7 Å². The zero-order chi connectivity index (χ0) is 32.0. The summed E-state index contributed by atoms with van der Waals surface area (Å²) in [6, 6.07) is 54.6. The van der Waals surface area contributed by atoms with E-state index in [0.29, 0.717) is 5.95 Å². The lowest BCUT2D eigenvalue weighted by Crippen LogP contribution is -2.14. The molecule has 9 aromatic rings. The van der Waals surface area contributed by atoms with E-state index in [2.05, 4.69) is 170 Å². The molecule has 0 saturated carbocycles. The van der Waals surface area contributed by atoms with Gasteiger partial charge in [-0.25, -0.2) is 9.97 Å². The molecule has 10 rings (SSSR count). The molecule has 0 amide bonds. The molecule has 0 unspecified atom stereocenters. The van der Waals surface area contributed by atoms with Crippen molar-refractivity contribution in [2.45, 2.75) is 19.3 Å². The molecule has 7 aromatic carbocycles. The van der Waals surface area contributed by atoms with Crippen LogP contribution in [0, 0.1) is 0 Å². The van der Waals surface area contributed by atoms with E-state index >= 15 is 0 Å². The fourth-order valence-electron chi connectivity index (χ4n) is 8.07. The molecule has 48 heavy (non-hydrogen) atoms. The molecule has 0 aliphatic heterocycles. The SMILES string of the molecule is CC1(C)c2ccccc2-c2c(-c3ccc4nc(-n5c6ccccc6c6cc7ccccc7cc65)nc(-c5ccccc5)c4c3)cccc21. The number of hydrogen-bond donors (Lipinski definition) is 0. The maximum Gasteiger partial charge on any atom is 0.235 e. The Morgan fingerprint density at radius 3 is 2.06 bits per heavy atom. The van der Waals surface area contributed by atoms with E-state index in [1.54, 1.807) is 0 Å². The van der Waals surface area contributed by atoms with Crippen LogP contribution in [0.2, 0.25) is 0 Å². The van der Waals surface area contributed by atoms with Gasteiger partial charge < -0.3 is 0 Å². The third kappa shape index (κ3) is 3.82. The number of aromatic nitrogens is 3. The maximum absolute atomic E-state index is 5.41. The Morgan fingerprint density at radius 1 is 0.479 bits per heavy atom.